The molecule has 1 aromatic heterocycles. The van der Waals surface area contributed by atoms with Crippen LogP contribution in [0.1, 0.15) is 35.0 Å². The Morgan fingerprint density at radius 1 is 1.06 bits per heavy atom. The van der Waals surface area contributed by atoms with Crippen molar-refractivity contribution in [3.8, 4) is 5.75 Å². The highest BCUT2D eigenvalue weighted by atomic mass is 35.5. The lowest BCUT2D eigenvalue weighted by Gasteiger charge is -2.27. The summed E-state index contributed by atoms with van der Waals surface area (Å²) in [7, 11) is 1.74. The van der Waals surface area contributed by atoms with Gasteiger partial charge in [0, 0.05) is 24.0 Å². The topological polar surface area (TPSA) is 217 Å². The Morgan fingerprint density at radius 2 is 1.80 bits per heavy atom. The molecule has 5 atom stereocenters. The number of aromatic nitrogens is 3. The number of ether oxygens (including phenoxy) is 1. The van der Waals surface area contributed by atoms with Gasteiger partial charge in [-0.1, -0.05) is 47.1 Å². The summed E-state index contributed by atoms with van der Waals surface area (Å²) < 4.78 is 7.48. The van der Waals surface area contributed by atoms with Crippen LogP contribution in [0.15, 0.2) is 54.7 Å². The Labute approximate surface area is 287 Å². The van der Waals surface area contributed by atoms with Crippen LogP contribution in [-0.4, -0.2) is 111 Å². The number of carbonyl (C=O) groups is 5. The zero-order valence-corrected chi connectivity index (χ0v) is 27.7. The lowest BCUT2D eigenvalue weighted by Crippen LogP contribution is -2.59. The van der Waals surface area contributed by atoms with Crippen LogP contribution >= 0.6 is 11.6 Å². The number of fused-ring (bicyclic) bond motifs is 5. The highest BCUT2D eigenvalue weighted by Crippen LogP contribution is 2.24. The van der Waals surface area contributed by atoms with E-state index in [1.54, 1.807) is 35.0 Å². The van der Waals surface area contributed by atoms with E-state index in [2.05, 4.69) is 31.6 Å². The molecule has 2 aliphatic rings. The van der Waals surface area contributed by atoms with Crippen LogP contribution in [0.4, 0.5) is 0 Å². The highest BCUT2D eigenvalue weighted by molar-refractivity contribution is 6.31. The van der Waals surface area contributed by atoms with Crippen molar-refractivity contribution in [1.29, 1.82) is 0 Å². The molecule has 0 radical (unpaired) electrons. The molecule has 4 amide bonds. The van der Waals surface area contributed by atoms with E-state index in [0.29, 0.717) is 29.6 Å². The molecule has 1 fully saturated rings. The van der Waals surface area contributed by atoms with Gasteiger partial charge in [-0.15, -0.1) is 5.10 Å². The minimum absolute atomic E-state index is 0.0358. The molecule has 17 heteroatoms. The van der Waals surface area contributed by atoms with Gasteiger partial charge in [0.2, 0.25) is 17.7 Å². The molecular weight excluding hydrogens is 660 g/mol. The van der Waals surface area contributed by atoms with Gasteiger partial charge in [0.05, 0.1) is 37.0 Å². The van der Waals surface area contributed by atoms with Gasteiger partial charge in [-0.25, -0.2) is 4.68 Å². The number of nitrogens with one attached hydrogen (secondary N) is 4. The van der Waals surface area contributed by atoms with E-state index >= 15 is 0 Å². The van der Waals surface area contributed by atoms with Crippen molar-refractivity contribution in [3.63, 3.8) is 0 Å². The number of hydrogen-bond donors (Lipinski definition) is 6. The number of nitrogens with zero attached hydrogens (tertiary/aromatic N) is 4. The Kier molecular flexibility index (Phi) is 13.0. The third-order valence-corrected chi connectivity index (χ3v) is 8.19. The van der Waals surface area contributed by atoms with E-state index in [1.165, 1.54) is 13.0 Å². The minimum atomic E-state index is -1.34. The monoisotopic (exact) mass is 698 g/mol. The largest absolute Gasteiger partial charge is 0.491 e. The first-order valence-corrected chi connectivity index (χ1v) is 15.9. The minimum Gasteiger partial charge on any atom is -0.491 e. The molecule has 0 saturated carbocycles. The Morgan fingerprint density at radius 3 is 2.51 bits per heavy atom. The Hall–Kier alpha value is -5.06. The number of benzene rings is 2. The average Bonchev–Trinajstić information content (AvgIpc) is 3.68. The summed E-state index contributed by atoms with van der Waals surface area (Å²) in [5, 5.41) is 37.1. The molecule has 3 heterocycles. The van der Waals surface area contributed by atoms with Crippen LogP contribution in [0, 0.1) is 0 Å². The first kappa shape index (κ1) is 36.8. The summed E-state index contributed by atoms with van der Waals surface area (Å²) in [6.07, 6.45) is 0.810. The summed E-state index contributed by atoms with van der Waals surface area (Å²) >= 11 is 6.20. The van der Waals surface area contributed by atoms with E-state index in [0.717, 1.165) is 5.56 Å². The zero-order valence-electron chi connectivity index (χ0n) is 26.9. The SMILES string of the molecule is C[C@@H](O)[C@@H]1NC(=O)[C@@H]2C[C@@H](CN2C)NC(=O)c2cc(Cl)ccc2OCCn2cc(nn2)CNC(=O)[C@@H](Cc2ccccc2)NC1=O.O=CO. The van der Waals surface area contributed by atoms with E-state index in [-0.39, 0.29) is 38.0 Å². The molecule has 3 aromatic rings. The van der Waals surface area contributed by atoms with Gasteiger partial charge >= 0.3 is 0 Å². The van der Waals surface area contributed by atoms with Crippen molar-refractivity contribution in [1.82, 2.24) is 41.2 Å². The lowest BCUT2D eigenvalue weighted by molar-refractivity contribution is -0.135. The third kappa shape index (κ3) is 10.2. The fourth-order valence-corrected chi connectivity index (χ4v) is 5.71. The van der Waals surface area contributed by atoms with E-state index < -0.39 is 53.9 Å². The molecule has 16 nitrogen and oxygen atoms in total. The van der Waals surface area contributed by atoms with Gasteiger partial charge in [0.1, 0.15) is 30.1 Å². The molecule has 262 valence electrons. The zero-order chi connectivity index (χ0) is 35.5. The van der Waals surface area contributed by atoms with Crippen molar-refractivity contribution in [2.75, 3.05) is 20.2 Å². The number of likely N-dealkylation sites (N-methyl/N-ethyl adjacent to an activating group) is 1. The molecule has 0 unspecified atom stereocenters. The molecule has 0 spiro atoms. The van der Waals surface area contributed by atoms with Crippen LogP contribution in [0.2, 0.25) is 5.02 Å². The van der Waals surface area contributed by atoms with Crippen LogP contribution < -0.4 is 26.0 Å². The van der Waals surface area contributed by atoms with Gasteiger partial charge < -0.3 is 36.2 Å². The smallest absolute Gasteiger partial charge is 0.290 e. The second-order valence-corrected chi connectivity index (χ2v) is 12.1. The van der Waals surface area contributed by atoms with E-state index in [4.69, 9.17) is 26.2 Å². The second kappa shape index (κ2) is 17.4. The predicted octanol–water partition coefficient (Wildman–Crippen LogP) is -0.263. The van der Waals surface area contributed by atoms with Crippen LogP contribution in [0.5, 0.6) is 5.75 Å². The van der Waals surface area contributed by atoms with E-state index in [1.807, 2.05) is 30.3 Å². The van der Waals surface area contributed by atoms with Gasteiger partial charge in [0.25, 0.3) is 12.4 Å². The Balaban J connectivity index is 0.00000174. The van der Waals surface area contributed by atoms with Gasteiger partial charge in [-0.2, -0.15) is 0 Å². The number of rotatable bonds is 3. The van der Waals surface area contributed by atoms with Crippen molar-refractivity contribution < 1.29 is 38.9 Å². The lowest BCUT2D eigenvalue weighted by atomic mass is 10.0. The van der Waals surface area contributed by atoms with Gasteiger partial charge in [-0.3, -0.25) is 28.9 Å². The number of carbonyl (C=O) groups excluding carboxylic acids is 4. The molecule has 0 aliphatic carbocycles. The standard InChI is InChI=1S/C31H37ClN8O6.CH2O2/c1-18(41)27-31(45)35-24(12-19-6-4-3-5-7-19)29(43)33-15-22-17-40(38-37-22)10-11-46-26-9-8-20(32)13-23(26)28(42)34-21-14-25(30(44)36-27)39(2)16-21;2-1-3/h3-9,13,17-18,21,24-25,27,41H,10-12,14-16H2,1-2H3,(H,33,43)(H,34,42)(H,35,45)(H,36,44);1H,(H,2,3)/t18-,21+,24-,25+,27+;/m1./s1. The molecule has 4 bridgehead atoms. The van der Waals surface area contributed by atoms with Crippen molar-refractivity contribution in [2.45, 2.75) is 63.1 Å². The molecule has 2 aliphatic heterocycles. The number of carboxylic acid groups (broad SMARTS) is 1. The quantitative estimate of drug-likeness (QED) is 0.196. The first-order valence-electron chi connectivity index (χ1n) is 15.5. The first-order chi connectivity index (χ1) is 23.5. The van der Waals surface area contributed by atoms with Crippen molar-refractivity contribution >= 4 is 41.7 Å². The fraction of sp³-hybridized carbons (Fsp3) is 0.406. The maximum absolute atomic E-state index is 13.5. The molecule has 5 rings (SSSR count). The average molecular weight is 699 g/mol. The summed E-state index contributed by atoms with van der Waals surface area (Å²) in [5.74, 6) is -1.78. The summed E-state index contributed by atoms with van der Waals surface area (Å²) in [6.45, 7) is 2.01. The number of halogens is 1. The number of aliphatic hydroxyl groups is 1. The predicted molar refractivity (Wildman–Crippen MR) is 175 cm³/mol. The summed E-state index contributed by atoms with van der Waals surface area (Å²) in [5.41, 5.74) is 1.51. The maximum Gasteiger partial charge on any atom is 0.290 e. The molecule has 2 aromatic carbocycles. The maximum atomic E-state index is 13.5. The summed E-state index contributed by atoms with van der Waals surface area (Å²) in [4.78, 5) is 63.8. The van der Waals surface area contributed by atoms with Crippen molar-refractivity contribution in [3.05, 3.63) is 76.6 Å². The molecule has 6 N–H and O–H groups in total. The third-order valence-electron chi connectivity index (χ3n) is 7.96. The van der Waals surface area contributed by atoms with Crippen LogP contribution in [-0.2, 0) is 38.7 Å². The fourth-order valence-electron chi connectivity index (χ4n) is 5.53. The number of hydrogen-bond acceptors (Lipinski definition) is 10. The highest BCUT2D eigenvalue weighted by Gasteiger charge is 2.38. The number of likely N-dealkylation sites (tertiary alicyclic amines) is 1. The molecule has 1 saturated heterocycles. The molecule has 49 heavy (non-hydrogen) atoms. The number of aliphatic hydroxyl groups excluding tert-OH is 1. The number of amides is 4. The molecular formula is C32H39ClN8O8. The van der Waals surface area contributed by atoms with Crippen LogP contribution in [0.3, 0.4) is 0 Å². The normalized spacial score (nSPS) is 22.9. The van der Waals surface area contributed by atoms with Crippen molar-refractivity contribution in [2.24, 2.45) is 0 Å². The van der Waals surface area contributed by atoms with Gasteiger partial charge in [0.15, 0.2) is 0 Å². The second-order valence-electron chi connectivity index (χ2n) is 11.6. The van der Waals surface area contributed by atoms with Gasteiger partial charge in [-0.05, 0) is 44.2 Å². The van der Waals surface area contributed by atoms with E-state index in [9.17, 15) is 24.3 Å². The van der Waals surface area contributed by atoms with Crippen LogP contribution in [0.25, 0.3) is 0 Å². The summed E-state index contributed by atoms with van der Waals surface area (Å²) in [6, 6.07) is 10.5. The Bertz CT molecular complexity index is 1620.